The van der Waals surface area contributed by atoms with E-state index in [0.717, 1.165) is 12.0 Å². The summed E-state index contributed by atoms with van der Waals surface area (Å²) in [4.78, 5) is 24.7. The highest BCUT2D eigenvalue weighted by molar-refractivity contribution is 7.89. The number of aliphatic carboxylic acids is 1. The highest BCUT2D eigenvalue weighted by atomic mass is 32.2. The Kier molecular flexibility index (Phi) is 8.92. The maximum atomic E-state index is 12.8. The third-order valence-electron chi connectivity index (χ3n) is 4.49. The first kappa shape index (κ1) is 23.1. The maximum absolute atomic E-state index is 12.8. The standard InChI is InChI=1S/C19H29NO6S/c1-3-4-8-15-27(25,26)20(19(2,13-14-21)18(23)24)17(22)12-11-16-9-6-5-7-10-16/h5-7,9-10,21H,3-4,8,11-15H2,1-2H3,(H,23,24)/t19-/m0/s1. The van der Waals surface area contributed by atoms with Crippen LogP contribution in [0.3, 0.4) is 0 Å². The zero-order valence-electron chi connectivity index (χ0n) is 15.9. The molecule has 2 N–H and O–H groups in total. The number of benzene rings is 1. The van der Waals surface area contributed by atoms with Gasteiger partial charge in [0.05, 0.1) is 5.75 Å². The number of carboxylic acids is 1. The molecule has 0 fully saturated rings. The Morgan fingerprint density at radius 2 is 1.78 bits per heavy atom. The van der Waals surface area contributed by atoms with Gasteiger partial charge in [0.1, 0.15) is 0 Å². The summed E-state index contributed by atoms with van der Waals surface area (Å²) in [6.45, 7) is 2.54. The molecule has 1 amide bonds. The van der Waals surface area contributed by atoms with Crippen LogP contribution in [-0.4, -0.2) is 52.7 Å². The molecule has 0 unspecified atom stereocenters. The summed E-state index contributed by atoms with van der Waals surface area (Å²) >= 11 is 0. The highest BCUT2D eigenvalue weighted by Gasteiger charge is 2.47. The number of aliphatic hydroxyl groups excluding tert-OH is 1. The molecular formula is C19H29NO6S. The lowest BCUT2D eigenvalue weighted by Crippen LogP contribution is -2.58. The minimum Gasteiger partial charge on any atom is -0.479 e. The van der Waals surface area contributed by atoms with Crippen molar-refractivity contribution >= 4 is 21.9 Å². The van der Waals surface area contributed by atoms with Crippen molar-refractivity contribution in [1.29, 1.82) is 0 Å². The van der Waals surface area contributed by atoms with Gasteiger partial charge in [-0.25, -0.2) is 17.5 Å². The number of sulfonamides is 1. The molecule has 152 valence electrons. The van der Waals surface area contributed by atoms with Gasteiger partial charge in [-0.1, -0.05) is 50.1 Å². The number of amides is 1. The number of nitrogens with zero attached hydrogens (tertiary/aromatic N) is 1. The molecule has 0 aromatic heterocycles. The van der Waals surface area contributed by atoms with Gasteiger partial charge in [-0.05, 0) is 25.3 Å². The number of aryl methyl sites for hydroxylation is 1. The zero-order valence-corrected chi connectivity index (χ0v) is 16.7. The number of aliphatic hydroxyl groups is 1. The van der Waals surface area contributed by atoms with E-state index in [-0.39, 0.29) is 18.6 Å². The largest absolute Gasteiger partial charge is 0.479 e. The van der Waals surface area contributed by atoms with E-state index >= 15 is 0 Å². The molecule has 1 atom stereocenters. The lowest BCUT2D eigenvalue weighted by atomic mass is 9.97. The van der Waals surface area contributed by atoms with Crippen LogP contribution in [0.2, 0.25) is 0 Å². The molecule has 0 bridgehead atoms. The number of carboxylic acid groups (broad SMARTS) is 1. The molecule has 0 saturated carbocycles. The van der Waals surface area contributed by atoms with Crippen molar-refractivity contribution in [3.8, 4) is 0 Å². The Morgan fingerprint density at radius 1 is 1.15 bits per heavy atom. The van der Waals surface area contributed by atoms with E-state index < -0.39 is 34.0 Å². The van der Waals surface area contributed by atoms with Gasteiger partial charge >= 0.3 is 5.97 Å². The molecule has 7 nitrogen and oxygen atoms in total. The van der Waals surface area contributed by atoms with Crippen LogP contribution in [0.15, 0.2) is 30.3 Å². The molecule has 0 saturated heterocycles. The number of hydrogen-bond donors (Lipinski definition) is 2. The fourth-order valence-corrected chi connectivity index (χ4v) is 4.81. The molecule has 0 spiro atoms. The van der Waals surface area contributed by atoms with E-state index in [4.69, 9.17) is 0 Å². The van der Waals surface area contributed by atoms with Gasteiger partial charge in [-0.3, -0.25) is 4.79 Å². The van der Waals surface area contributed by atoms with Crippen LogP contribution in [0.4, 0.5) is 0 Å². The highest BCUT2D eigenvalue weighted by Crippen LogP contribution is 2.26. The third-order valence-corrected chi connectivity index (χ3v) is 6.46. The van der Waals surface area contributed by atoms with Crippen molar-refractivity contribution in [2.75, 3.05) is 12.4 Å². The summed E-state index contributed by atoms with van der Waals surface area (Å²) in [7, 11) is -4.13. The Hall–Kier alpha value is -1.93. The first-order valence-electron chi connectivity index (χ1n) is 9.13. The predicted octanol–water partition coefficient (Wildman–Crippen LogP) is 2.19. The fourth-order valence-electron chi connectivity index (χ4n) is 2.87. The molecular weight excluding hydrogens is 370 g/mol. The van der Waals surface area contributed by atoms with Gasteiger partial charge in [0.15, 0.2) is 5.54 Å². The van der Waals surface area contributed by atoms with Gasteiger partial charge in [0, 0.05) is 19.4 Å². The second-order valence-electron chi connectivity index (χ2n) is 6.72. The average Bonchev–Trinajstić information content (AvgIpc) is 2.61. The molecule has 0 heterocycles. The lowest BCUT2D eigenvalue weighted by molar-refractivity contribution is -0.153. The third kappa shape index (κ3) is 6.32. The first-order chi connectivity index (χ1) is 12.7. The second kappa shape index (κ2) is 10.4. The number of rotatable bonds is 12. The SMILES string of the molecule is CCCCCS(=O)(=O)N(C(=O)CCc1ccccc1)[C@@](C)(CCO)C(=O)O. The van der Waals surface area contributed by atoms with Crippen LogP contribution in [0.25, 0.3) is 0 Å². The molecule has 1 rings (SSSR count). The molecule has 27 heavy (non-hydrogen) atoms. The van der Waals surface area contributed by atoms with E-state index in [1.807, 2.05) is 37.3 Å². The van der Waals surface area contributed by atoms with E-state index in [2.05, 4.69) is 0 Å². The van der Waals surface area contributed by atoms with Gasteiger partial charge in [0.25, 0.3) is 0 Å². The van der Waals surface area contributed by atoms with Crippen molar-refractivity contribution in [3.05, 3.63) is 35.9 Å². The van der Waals surface area contributed by atoms with E-state index in [1.54, 1.807) is 0 Å². The molecule has 1 aromatic carbocycles. The van der Waals surface area contributed by atoms with Crippen LogP contribution in [0, 0.1) is 0 Å². The Labute approximate surface area is 161 Å². The predicted molar refractivity (Wildman–Crippen MR) is 103 cm³/mol. The van der Waals surface area contributed by atoms with Crippen LogP contribution in [0.5, 0.6) is 0 Å². The lowest BCUT2D eigenvalue weighted by Gasteiger charge is -2.36. The van der Waals surface area contributed by atoms with Crippen LogP contribution >= 0.6 is 0 Å². The normalized spacial score (nSPS) is 13.7. The summed E-state index contributed by atoms with van der Waals surface area (Å²) in [6, 6.07) is 9.09. The second-order valence-corrected chi connectivity index (χ2v) is 8.66. The Bertz CT molecular complexity index is 719. The average molecular weight is 400 g/mol. The zero-order chi connectivity index (χ0) is 20.5. The van der Waals surface area contributed by atoms with Crippen molar-refractivity contribution in [2.45, 2.75) is 57.9 Å². The molecule has 0 aliphatic rings. The summed E-state index contributed by atoms with van der Waals surface area (Å²) in [5, 5.41) is 18.9. The Balaban J connectivity index is 3.15. The van der Waals surface area contributed by atoms with Crippen molar-refractivity contribution < 1.29 is 28.2 Å². The minimum atomic E-state index is -4.13. The summed E-state index contributed by atoms with van der Waals surface area (Å²) in [5.41, 5.74) is -1.17. The molecule has 1 aromatic rings. The molecule has 0 radical (unpaired) electrons. The first-order valence-corrected chi connectivity index (χ1v) is 10.7. The van der Waals surface area contributed by atoms with Crippen LogP contribution < -0.4 is 0 Å². The van der Waals surface area contributed by atoms with Crippen molar-refractivity contribution in [3.63, 3.8) is 0 Å². The topological polar surface area (TPSA) is 112 Å². The van der Waals surface area contributed by atoms with Gasteiger partial charge in [-0.15, -0.1) is 0 Å². The molecule has 0 aliphatic heterocycles. The Morgan fingerprint density at radius 3 is 2.30 bits per heavy atom. The summed E-state index contributed by atoms with van der Waals surface area (Å²) < 4.78 is 26.2. The van der Waals surface area contributed by atoms with Crippen LogP contribution in [0.1, 0.15) is 51.5 Å². The van der Waals surface area contributed by atoms with Crippen molar-refractivity contribution in [2.24, 2.45) is 0 Å². The van der Waals surface area contributed by atoms with Crippen molar-refractivity contribution in [1.82, 2.24) is 4.31 Å². The number of hydrogen-bond acceptors (Lipinski definition) is 5. The fraction of sp³-hybridized carbons (Fsp3) is 0.579. The maximum Gasteiger partial charge on any atom is 0.330 e. The number of unbranched alkanes of at least 4 members (excludes halogenated alkanes) is 2. The monoisotopic (exact) mass is 399 g/mol. The molecule has 8 heteroatoms. The molecule has 0 aliphatic carbocycles. The smallest absolute Gasteiger partial charge is 0.330 e. The van der Waals surface area contributed by atoms with Crippen LogP contribution in [-0.2, 0) is 26.0 Å². The number of carbonyl (C=O) groups excluding carboxylic acids is 1. The quantitative estimate of drug-likeness (QED) is 0.521. The van der Waals surface area contributed by atoms with Gasteiger partial charge in [0.2, 0.25) is 15.9 Å². The van der Waals surface area contributed by atoms with E-state index in [9.17, 15) is 28.2 Å². The minimum absolute atomic E-state index is 0.134. The summed E-state index contributed by atoms with van der Waals surface area (Å²) in [6.07, 6.45) is 1.60. The van der Waals surface area contributed by atoms with Gasteiger partial charge in [-0.2, -0.15) is 0 Å². The summed E-state index contributed by atoms with van der Waals surface area (Å²) in [5.74, 6) is -2.52. The van der Waals surface area contributed by atoms with E-state index in [0.29, 0.717) is 23.6 Å². The van der Waals surface area contributed by atoms with Gasteiger partial charge < -0.3 is 10.2 Å². The number of carbonyl (C=O) groups is 2. The van der Waals surface area contributed by atoms with E-state index in [1.165, 1.54) is 6.92 Å².